The van der Waals surface area contributed by atoms with Crippen molar-refractivity contribution < 1.29 is 4.74 Å². The second kappa shape index (κ2) is 5.40. The highest BCUT2D eigenvalue weighted by molar-refractivity contribution is 5.62. The molecule has 0 fully saturated rings. The molecule has 0 radical (unpaired) electrons. The molecular weight excluding hydrogens is 276 g/mol. The zero-order valence-corrected chi connectivity index (χ0v) is 12.6. The van der Waals surface area contributed by atoms with E-state index in [9.17, 15) is 0 Å². The molecule has 0 atom stereocenters. The van der Waals surface area contributed by atoms with Crippen LogP contribution in [0.5, 0.6) is 5.75 Å². The molecule has 0 unspecified atom stereocenters. The van der Waals surface area contributed by atoms with Gasteiger partial charge in [0.25, 0.3) is 5.78 Å². The van der Waals surface area contributed by atoms with E-state index in [1.807, 2.05) is 31.2 Å². The van der Waals surface area contributed by atoms with Crippen LogP contribution in [0.3, 0.4) is 0 Å². The molecular formula is C17H18N4O. The lowest BCUT2D eigenvalue weighted by atomic mass is 10.0. The molecule has 0 bridgehead atoms. The largest absolute Gasteiger partial charge is 0.494 e. The molecule has 22 heavy (non-hydrogen) atoms. The van der Waals surface area contributed by atoms with E-state index >= 15 is 0 Å². The number of aryl methyl sites for hydroxylation is 2. The number of ether oxygens (including phenoxy) is 1. The van der Waals surface area contributed by atoms with Crippen LogP contribution < -0.4 is 4.74 Å². The number of hydrogen-bond acceptors (Lipinski definition) is 4. The van der Waals surface area contributed by atoms with Gasteiger partial charge in [0.15, 0.2) is 0 Å². The Balaban J connectivity index is 1.76. The van der Waals surface area contributed by atoms with Crippen LogP contribution in [0.25, 0.3) is 17.0 Å². The van der Waals surface area contributed by atoms with Crippen molar-refractivity contribution in [2.75, 3.05) is 6.61 Å². The lowest BCUT2D eigenvalue weighted by Crippen LogP contribution is -2.12. The second-order valence-corrected chi connectivity index (χ2v) is 5.55. The Morgan fingerprint density at radius 2 is 1.91 bits per heavy atom. The predicted molar refractivity (Wildman–Crippen MR) is 84.0 cm³/mol. The zero-order valence-electron chi connectivity index (χ0n) is 12.6. The van der Waals surface area contributed by atoms with E-state index in [0.717, 1.165) is 35.5 Å². The molecule has 0 spiro atoms. The average Bonchev–Trinajstić information content (AvgIpc) is 3.00. The molecule has 0 saturated carbocycles. The monoisotopic (exact) mass is 294 g/mol. The van der Waals surface area contributed by atoms with Crippen molar-refractivity contribution >= 4 is 5.78 Å². The Morgan fingerprint density at radius 3 is 2.73 bits per heavy atom. The van der Waals surface area contributed by atoms with Crippen LogP contribution in [0.4, 0.5) is 0 Å². The summed E-state index contributed by atoms with van der Waals surface area (Å²) in [6.07, 6.45) is 6.57. The Kier molecular flexibility index (Phi) is 3.25. The van der Waals surface area contributed by atoms with Crippen LogP contribution in [-0.2, 0) is 12.8 Å². The van der Waals surface area contributed by atoms with Crippen molar-refractivity contribution in [1.82, 2.24) is 19.6 Å². The van der Waals surface area contributed by atoms with E-state index < -0.39 is 0 Å². The third kappa shape index (κ3) is 2.22. The molecule has 3 aromatic rings. The molecule has 1 aliphatic rings. The van der Waals surface area contributed by atoms with Gasteiger partial charge in [-0.15, -0.1) is 5.10 Å². The van der Waals surface area contributed by atoms with E-state index in [0.29, 0.717) is 12.4 Å². The van der Waals surface area contributed by atoms with Crippen LogP contribution in [0.1, 0.15) is 31.2 Å². The van der Waals surface area contributed by atoms with Crippen LogP contribution in [-0.4, -0.2) is 26.2 Å². The topological polar surface area (TPSA) is 52.3 Å². The standard InChI is InChI=1S/C17H18N4O/c1-2-22-13-9-7-12(8-10-13)15-11-21-16-6-4-3-5-14(16)19-20-17(21)18-15/h7-11H,2-6H2,1H3. The second-order valence-electron chi connectivity index (χ2n) is 5.55. The van der Waals surface area contributed by atoms with Gasteiger partial charge in [0.2, 0.25) is 0 Å². The molecule has 0 saturated heterocycles. The van der Waals surface area contributed by atoms with Gasteiger partial charge in [0.05, 0.1) is 18.0 Å². The molecule has 112 valence electrons. The summed E-state index contributed by atoms with van der Waals surface area (Å²) in [5.74, 6) is 1.57. The summed E-state index contributed by atoms with van der Waals surface area (Å²) in [7, 11) is 0. The smallest absolute Gasteiger partial charge is 0.254 e. The van der Waals surface area contributed by atoms with Crippen LogP contribution >= 0.6 is 0 Å². The number of hydrogen-bond donors (Lipinski definition) is 0. The van der Waals surface area contributed by atoms with Crippen molar-refractivity contribution in [3.8, 4) is 17.0 Å². The average molecular weight is 294 g/mol. The summed E-state index contributed by atoms with van der Waals surface area (Å²) >= 11 is 0. The summed E-state index contributed by atoms with van der Waals surface area (Å²) in [5, 5.41) is 8.60. The first kappa shape index (κ1) is 13.2. The number of nitrogens with zero attached hydrogens (tertiary/aromatic N) is 4. The van der Waals surface area contributed by atoms with Gasteiger partial charge < -0.3 is 4.74 Å². The van der Waals surface area contributed by atoms with E-state index in [1.165, 1.54) is 18.5 Å². The van der Waals surface area contributed by atoms with Crippen LogP contribution in [0.2, 0.25) is 0 Å². The fourth-order valence-corrected chi connectivity index (χ4v) is 3.01. The highest BCUT2D eigenvalue weighted by Crippen LogP contribution is 2.25. The molecule has 2 aromatic heterocycles. The molecule has 0 N–H and O–H groups in total. The zero-order chi connectivity index (χ0) is 14.9. The first-order valence-corrected chi connectivity index (χ1v) is 7.82. The summed E-state index contributed by atoms with van der Waals surface area (Å²) < 4.78 is 7.59. The van der Waals surface area contributed by atoms with Crippen molar-refractivity contribution in [3.05, 3.63) is 41.9 Å². The Hall–Kier alpha value is -2.43. The van der Waals surface area contributed by atoms with Gasteiger partial charge in [-0.2, -0.15) is 5.10 Å². The minimum atomic E-state index is 0.676. The van der Waals surface area contributed by atoms with Gasteiger partial charge in [-0.3, -0.25) is 4.40 Å². The predicted octanol–water partition coefficient (Wildman–Crippen LogP) is 3.07. The first-order chi connectivity index (χ1) is 10.8. The summed E-state index contributed by atoms with van der Waals surface area (Å²) in [5.41, 5.74) is 4.38. The minimum absolute atomic E-state index is 0.676. The van der Waals surface area contributed by atoms with Crippen molar-refractivity contribution in [1.29, 1.82) is 0 Å². The molecule has 1 aromatic carbocycles. The van der Waals surface area contributed by atoms with Gasteiger partial charge in [-0.25, -0.2) is 4.98 Å². The van der Waals surface area contributed by atoms with Crippen LogP contribution in [0.15, 0.2) is 30.5 Å². The van der Waals surface area contributed by atoms with E-state index in [-0.39, 0.29) is 0 Å². The SMILES string of the molecule is CCOc1ccc(-c2cn3c4c(nnc3n2)CCCC4)cc1. The molecule has 4 rings (SSSR count). The molecule has 2 heterocycles. The van der Waals surface area contributed by atoms with Crippen LogP contribution in [0, 0.1) is 0 Å². The third-order valence-electron chi connectivity index (χ3n) is 4.11. The van der Waals surface area contributed by atoms with Crippen molar-refractivity contribution in [3.63, 3.8) is 0 Å². The van der Waals surface area contributed by atoms with E-state index in [1.54, 1.807) is 0 Å². The summed E-state index contributed by atoms with van der Waals surface area (Å²) in [6.45, 7) is 2.66. The first-order valence-electron chi connectivity index (χ1n) is 7.82. The minimum Gasteiger partial charge on any atom is -0.494 e. The quantitative estimate of drug-likeness (QED) is 0.745. The summed E-state index contributed by atoms with van der Waals surface area (Å²) in [4.78, 5) is 4.62. The molecule has 5 heteroatoms. The van der Waals surface area contributed by atoms with Gasteiger partial charge in [-0.05, 0) is 56.9 Å². The van der Waals surface area contributed by atoms with Crippen molar-refractivity contribution in [2.24, 2.45) is 0 Å². The molecule has 5 nitrogen and oxygen atoms in total. The fourth-order valence-electron chi connectivity index (χ4n) is 3.01. The fraction of sp³-hybridized carbons (Fsp3) is 0.353. The number of aromatic nitrogens is 4. The molecule has 0 amide bonds. The van der Waals surface area contributed by atoms with Gasteiger partial charge >= 0.3 is 0 Å². The maximum absolute atomic E-state index is 5.48. The number of rotatable bonds is 3. The lowest BCUT2D eigenvalue weighted by Gasteiger charge is -2.14. The van der Waals surface area contributed by atoms with Gasteiger partial charge in [-0.1, -0.05) is 0 Å². The van der Waals surface area contributed by atoms with Gasteiger partial charge in [0.1, 0.15) is 5.75 Å². The highest BCUT2D eigenvalue weighted by Gasteiger charge is 2.16. The van der Waals surface area contributed by atoms with Crippen molar-refractivity contribution in [2.45, 2.75) is 32.6 Å². The Morgan fingerprint density at radius 1 is 1.09 bits per heavy atom. The number of benzene rings is 1. The Labute approximate surface area is 129 Å². The number of fused-ring (bicyclic) bond motifs is 3. The Bertz CT molecular complexity index is 807. The highest BCUT2D eigenvalue weighted by atomic mass is 16.5. The maximum atomic E-state index is 5.48. The molecule has 0 aliphatic heterocycles. The lowest BCUT2D eigenvalue weighted by molar-refractivity contribution is 0.340. The van der Waals surface area contributed by atoms with E-state index in [2.05, 4.69) is 25.8 Å². The third-order valence-corrected chi connectivity index (χ3v) is 4.11. The van der Waals surface area contributed by atoms with E-state index in [4.69, 9.17) is 4.74 Å². The summed E-state index contributed by atoms with van der Waals surface area (Å²) in [6, 6.07) is 8.02. The van der Waals surface area contributed by atoms with Gasteiger partial charge in [0, 0.05) is 17.5 Å². The normalized spacial score (nSPS) is 14.0. The number of imidazole rings is 1. The molecule has 1 aliphatic carbocycles. The maximum Gasteiger partial charge on any atom is 0.254 e.